The molecule has 3 aromatic rings. The van der Waals surface area contributed by atoms with Gasteiger partial charge in [-0.15, -0.1) is 0 Å². The smallest absolute Gasteiger partial charge is 0.403 e. The Morgan fingerprint density at radius 1 is 0.867 bits per heavy atom. The van der Waals surface area contributed by atoms with Gasteiger partial charge in [0, 0.05) is 21.9 Å². The fourth-order valence-corrected chi connectivity index (χ4v) is 4.10. The van der Waals surface area contributed by atoms with Crippen molar-refractivity contribution in [1.29, 1.82) is 5.39 Å². The molecule has 0 aromatic heterocycles. The van der Waals surface area contributed by atoms with Crippen LogP contribution in [0.25, 0.3) is 15.7 Å². The fourth-order valence-electron chi connectivity index (χ4n) is 2.26. The van der Waals surface area contributed by atoms with E-state index in [0.29, 0.717) is 15.7 Å². The number of benzene rings is 3. The zero-order chi connectivity index (χ0) is 21.1. The Morgan fingerprint density at radius 2 is 1.37 bits per heavy atom. The lowest BCUT2D eigenvalue weighted by atomic mass is 10.1. The van der Waals surface area contributed by atoms with Gasteiger partial charge in [0.15, 0.2) is 4.98 Å². The lowest BCUT2D eigenvalue weighted by Gasteiger charge is -2.11. The normalized spacial score (nSPS) is 10.6. The zero-order valence-corrected chi connectivity index (χ0v) is 17.8. The molecule has 3 rings (SSSR count). The van der Waals surface area contributed by atoms with E-state index in [9.17, 15) is 21.4 Å². The van der Waals surface area contributed by atoms with Gasteiger partial charge in [0.25, 0.3) is 10.1 Å². The number of fused-ring (bicyclic) bond motifs is 1. The maximum absolute atomic E-state index is 11.1. The molecule has 0 aliphatic rings. The number of nitrogens with zero attached hydrogens (tertiary/aromatic N) is 2. The van der Waals surface area contributed by atoms with Crippen molar-refractivity contribution in [1.82, 2.24) is 0 Å². The second-order valence-electron chi connectivity index (χ2n) is 5.23. The molecule has 0 atom stereocenters. The second-order valence-corrected chi connectivity index (χ2v) is 8.81. The minimum atomic E-state index is -4.72. The highest BCUT2D eigenvalue weighted by molar-refractivity contribution is 7.86. The van der Waals surface area contributed by atoms with Crippen LogP contribution in [0.15, 0.2) is 64.4 Å². The Kier molecular flexibility index (Phi) is 9.79. The summed E-state index contributed by atoms with van der Waals surface area (Å²) in [5.74, 6) is 0. The van der Waals surface area contributed by atoms with Gasteiger partial charge >= 0.3 is 5.69 Å². The topological polar surface area (TPSA) is 203 Å². The third kappa shape index (κ3) is 6.59. The van der Waals surface area contributed by atoms with E-state index in [2.05, 4.69) is 4.98 Å². The fraction of sp³-hybridized carbons (Fsp3) is 0. The van der Waals surface area contributed by atoms with Crippen LogP contribution < -0.4 is 0 Å². The summed E-state index contributed by atoms with van der Waals surface area (Å²) in [6.45, 7) is 0. The molecular formula is C16H14Cl2N2O8S2. The van der Waals surface area contributed by atoms with E-state index >= 15 is 0 Å². The van der Waals surface area contributed by atoms with E-state index in [1.54, 1.807) is 6.07 Å². The molecule has 0 aliphatic carbocycles. The molecule has 14 heteroatoms. The van der Waals surface area contributed by atoms with E-state index in [0.717, 1.165) is 12.1 Å². The average Bonchev–Trinajstić information content (AvgIpc) is 2.59. The van der Waals surface area contributed by atoms with Crippen molar-refractivity contribution in [3.63, 3.8) is 0 Å². The van der Waals surface area contributed by atoms with E-state index in [1.165, 1.54) is 36.4 Å². The molecule has 3 aromatic carbocycles. The monoisotopic (exact) mass is 496 g/mol. The summed E-state index contributed by atoms with van der Waals surface area (Å²) < 4.78 is 64.4. The van der Waals surface area contributed by atoms with Gasteiger partial charge in [0.2, 0.25) is 5.39 Å². The van der Waals surface area contributed by atoms with E-state index in [-0.39, 0.29) is 21.7 Å². The van der Waals surface area contributed by atoms with Crippen molar-refractivity contribution < 1.29 is 36.9 Å². The van der Waals surface area contributed by atoms with E-state index in [4.69, 9.17) is 33.1 Å². The van der Waals surface area contributed by atoms with Crippen LogP contribution in [-0.2, 0) is 20.2 Å². The third-order valence-corrected chi connectivity index (χ3v) is 5.75. The number of diazo groups is 1. The van der Waals surface area contributed by atoms with Crippen molar-refractivity contribution in [3.05, 3.63) is 69.6 Å². The summed E-state index contributed by atoms with van der Waals surface area (Å²) in [4.78, 5) is 1.96. The molecule has 0 spiro atoms. The summed E-state index contributed by atoms with van der Waals surface area (Å²) >= 11 is 11.2. The van der Waals surface area contributed by atoms with Gasteiger partial charge in [-0.3, -0.25) is 4.55 Å². The largest absolute Gasteiger partial charge is 0.744 e. The highest BCUT2D eigenvalue weighted by Gasteiger charge is 2.16. The molecule has 5 N–H and O–H groups in total. The molecule has 0 saturated heterocycles. The van der Waals surface area contributed by atoms with Crippen molar-refractivity contribution in [2.75, 3.05) is 0 Å². The summed E-state index contributed by atoms with van der Waals surface area (Å²) in [5.41, 5.74) is 0.325. The molecule has 162 valence electrons. The van der Waals surface area contributed by atoms with Gasteiger partial charge in [-0.05, 0) is 24.3 Å². The SMILES string of the molecule is N#[N+]c1ccc(Cl)cc1Cl.O.O.O=S(=O)([O-])c1cccc2c(S(=O)(=O)O)cccc12. The van der Waals surface area contributed by atoms with Crippen LogP contribution >= 0.6 is 23.2 Å². The Bertz CT molecular complexity index is 1240. The first kappa shape index (κ1) is 27.7. The highest BCUT2D eigenvalue weighted by Crippen LogP contribution is 2.28. The Hall–Kier alpha value is -2.34. The molecule has 10 nitrogen and oxygen atoms in total. The van der Waals surface area contributed by atoms with Crippen molar-refractivity contribution in [2.24, 2.45) is 0 Å². The highest BCUT2D eigenvalue weighted by atomic mass is 35.5. The van der Waals surface area contributed by atoms with Gasteiger partial charge in [-0.1, -0.05) is 47.5 Å². The first-order valence-corrected chi connectivity index (χ1v) is 10.8. The molecular weight excluding hydrogens is 483 g/mol. The third-order valence-electron chi connectivity index (χ3n) is 3.41. The quantitative estimate of drug-likeness (QED) is 0.414. The number of halogens is 2. The maximum Gasteiger partial charge on any atom is 0.403 e. The summed E-state index contributed by atoms with van der Waals surface area (Å²) in [6, 6.07) is 12.0. The molecule has 0 fully saturated rings. The van der Waals surface area contributed by atoms with Gasteiger partial charge in [0.05, 0.1) is 4.90 Å². The molecule has 0 aliphatic heterocycles. The Morgan fingerprint density at radius 3 is 1.80 bits per heavy atom. The van der Waals surface area contributed by atoms with Crippen LogP contribution in [0.1, 0.15) is 0 Å². The molecule has 30 heavy (non-hydrogen) atoms. The summed E-state index contributed by atoms with van der Waals surface area (Å²) in [6.07, 6.45) is 0. The minimum Gasteiger partial charge on any atom is -0.744 e. The van der Waals surface area contributed by atoms with Gasteiger partial charge in [0.1, 0.15) is 20.0 Å². The van der Waals surface area contributed by atoms with Crippen molar-refractivity contribution in [2.45, 2.75) is 9.79 Å². The van der Waals surface area contributed by atoms with Gasteiger partial charge < -0.3 is 15.5 Å². The minimum absolute atomic E-state index is 0. The average molecular weight is 497 g/mol. The molecule has 0 saturated carbocycles. The second kappa shape index (κ2) is 10.6. The van der Waals surface area contributed by atoms with Crippen LogP contribution in [0, 0.1) is 5.39 Å². The summed E-state index contributed by atoms with van der Waals surface area (Å²) in [5, 5.41) is 9.12. The van der Waals surface area contributed by atoms with Crippen LogP contribution in [-0.4, -0.2) is 36.9 Å². The van der Waals surface area contributed by atoms with Gasteiger partial charge in [-0.25, -0.2) is 8.42 Å². The maximum atomic E-state index is 11.1. The van der Waals surface area contributed by atoms with E-state index in [1.807, 2.05) is 0 Å². The van der Waals surface area contributed by atoms with Crippen molar-refractivity contribution >= 4 is 59.9 Å². The number of hydrogen-bond donors (Lipinski definition) is 1. The van der Waals surface area contributed by atoms with Crippen LogP contribution in [0.2, 0.25) is 10.0 Å². The molecule has 0 bridgehead atoms. The summed E-state index contributed by atoms with van der Waals surface area (Å²) in [7, 11) is -9.21. The molecule has 0 amide bonds. The first-order valence-electron chi connectivity index (χ1n) is 7.20. The van der Waals surface area contributed by atoms with Crippen molar-refractivity contribution in [3.8, 4) is 0 Å². The predicted octanol–water partition coefficient (Wildman–Crippen LogP) is 2.82. The molecule has 0 radical (unpaired) electrons. The Labute approximate surface area is 181 Å². The molecule has 0 heterocycles. The first-order chi connectivity index (χ1) is 12.9. The Balaban J connectivity index is 0.000000604. The van der Waals surface area contributed by atoms with Crippen LogP contribution in [0.4, 0.5) is 5.69 Å². The lowest BCUT2D eigenvalue weighted by molar-refractivity contribution is 0.463. The zero-order valence-electron chi connectivity index (χ0n) is 14.7. The predicted molar refractivity (Wildman–Crippen MR) is 110 cm³/mol. The van der Waals surface area contributed by atoms with Gasteiger partial charge in [-0.2, -0.15) is 8.42 Å². The van der Waals surface area contributed by atoms with Crippen LogP contribution in [0.3, 0.4) is 0 Å². The van der Waals surface area contributed by atoms with Crippen LogP contribution in [0.5, 0.6) is 0 Å². The lowest BCUT2D eigenvalue weighted by Crippen LogP contribution is -2.02. The standard InChI is InChI=1S/C10H8O6S2.C6H3Cl2N2.2H2O/c11-17(12,13)9-5-1-3-7-8(9)4-2-6-10(7)18(14,15)16;7-4-1-2-6(10-9)5(8)3-4;;/h1-6H,(H,11,12,13)(H,14,15,16);1-3H;2*1H2/q;+1;;/p-1. The number of hydrogen-bond acceptors (Lipinski definition) is 6. The number of rotatable bonds is 2. The van der Waals surface area contributed by atoms with E-state index < -0.39 is 30.0 Å². The molecule has 0 unspecified atom stereocenters.